The molecule has 3 rings (SSSR count). The van der Waals surface area contributed by atoms with Gasteiger partial charge in [0.2, 0.25) is 15.9 Å². The lowest BCUT2D eigenvalue weighted by molar-refractivity contribution is -0.133. The number of pyridine rings is 1. The van der Waals surface area contributed by atoms with E-state index < -0.39 is 10.0 Å². The Bertz CT molecular complexity index is 839. The topological polar surface area (TPSA) is 88.4 Å². The van der Waals surface area contributed by atoms with Gasteiger partial charge in [0, 0.05) is 63.4 Å². The van der Waals surface area contributed by atoms with Crippen molar-refractivity contribution >= 4 is 15.9 Å². The summed E-state index contributed by atoms with van der Waals surface area (Å²) in [5, 5.41) is 4.11. The van der Waals surface area contributed by atoms with Gasteiger partial charge in [-0.3, -0.25) is 14.5 Å². The van der Waals surface area contributed by atoms with Crippen molar-refractivity contribution in [3.63, 3.8) is 0 Å². The largest absolute Gasteiger partial charge is 0.341 e. The van der Waals surface area contributed by atoms with Crippen molar-refractivity contribution in [1.82, 2.24) is 24.0 Å². The Morgan fingerprint density at radius 2 is 2.19 bits per heavy atom. The zero-order valence-electron chi connectivity index (χ0n) is 15.4. The third kappa shape index (κ3) is 5.36. The molecule has 0 aliphatic carbocycles. The number of hydrogen-bond acceptors (Lipinski definition) is 5. The predicted octanol–water partition coefficient (Wildman–Crippen LogP) is 1.12. The van der Waals surface area contributed by atoms with Crippen LogP contribution < -0.4 is 0 Å². The third-order valence-corrected chi connectivity index (χ3v) is 6.04. The van der Waals surface area contributed by atoms with Crippen molar-refractivity contribution in [3.05, 3.63) is 48.5 Å². The summed E-state index contributed by atoms with van der Waals surface area (Å²) in [4.78, 5) is 18.4. The molecule has 0 bridgehead atoms. The van der Waals surface area contributed by atoms with Gasteiger partial charge >= 0.3 is 0 Å². The molecular formula is C18H25N5O3S. The number of aromatic nitrogens is 3. The van der Waals surface area contributed by atoms with E-state index in [9.17, 15) is 13.2 Å². The molecule has 1 saturated heterocycles. The monoisotopic (exact) mass is 391 g/mol. The summed E-state index contributed by atoms with van der Waals surface area (Å²) < 4.78 is 28.0. The Morgan fingerprint density at radius 3 is 2.85 bits per heavy atom. The predicted molar refractivity (Wildman–Crippen MR) is 101 cm³/mol. The Labute approximate surface area is 159 Å². The SMILES string of the molecule is CS(=O)(=O)N(Cc1cccnc1)C1CCCN(C(=O)CCn2cccn2)C1. The van der Waals surface area contributed by atoms with Crippen LogP contribution in [0.5, 0.6) is 0 Å². The van der Waals surface area contributed by atoms with Crippen LogP contribution in [-0.4, -0.2) is 63.7 Å². The number of carbonyl (C=O) groups is 1. The second-order valence-corrected chi connectivity index (χ2v) is 8.76. The molecule has 0 spiro atoms. The Balaban J connectivity index is 1.65. The van der Waals surface area contributed by atoms with E-state index in [1.54, 1.807) is 34.2 Å². The summed E-state index contributed by atoms with van der Waals surface area (Å²) in [5.41, 5.74) is 0.838. The van der Waals surface area contributed by atoms with Gasteiger partial charge in [0.25, 0.3) is 0 Å². The molecule has 1 atom stereocenters. The Hall–Kier alpha value is -2.26. The van der Waals surface area contributed by atoms with Crippen molar-refractivity contribution in [2.24, 2.45) is 0 Å². The lowest BCUT2D eigenvalue weighted by Gasteiger charge is -2.38. The molecule has 1 aliphatic rings. The minimum absolute atomic E-state index is 0.0324. The van der Waals surface area contributed by atoms with E-state index in [0.29, 0.717) is 26.1 Å². The number of likely N-dealkylation sites (tertiary alicyclic amines) is 1. The molecule has 2 aromatic rings. The number of aryl methyl sites for hydroxylation is 1. The second-order valence-electron chi connectivity index (χ2n) is 6.82. The van der Waals surface area contributed by atoms with Crippen LogP contribution in [0.25, 0.3) is 0 Å². The molecule has 0 radical (unpaired) electrons. The van der Waals surface area contributed by atoms with Crippen molar-refractivity contribution in [3.8, 4) is 0 Å². The number of carbonyl (C=O) groups excluding carboxylic acids is 1. The summed E-state index contributed by atoms with van der Waals surface area (Å²) in [6.45, 7) is 1.88. The molecule has 146 valence electrons. The van der Waals surface area contributed by atoms with Crippen molar-refractivity contribution < 1.29 is 13.2 Å². The normalized spacial score (nSPS) is 18.0. The molecule has 2 aromatic heterocycles. The fourth-order valence-corrected chi connectivity index (χ4v) is 4.50. The highest BCUT2D eigenvalue weighted by Gasteiger charge is 2.32. The highest BCUT2D eigenvalue weighted by atomic mass is 32.2. The van der Waals surface area contributed by atoms with E-state index in [0.717, 1.165) is 18.4 Å². The van der Waals surface area contributed by atoms with Crippen LogP contribution >= 0.6 is 0 Å². The number of piperidine rings is 1. The standard InChI is InChI=1S/C18H25N5O3S/c1-27(25,26)23(14-16-5-2-8-19-13-16)17-6-3-10-21(15-17)18(24)7-12-22-11-4-9-20-22/h2,4-5,8-9,11,13,17H,3,6-7,10,12,14-15H2,1H3. The summed E-state index contributed by atoms with van der Waals surface area (Å²) >= 11 is 0. The zero-order chi connectivity index (χ0) is 19.3. The molecule has 0 saturated carbocycles. The average molecular weight is 391 g/mol. The van der Waals surface area contributed by atoms with Crippen LogP contribution in [0.2, 0.25) is 0 Å². The van der Waals surface area contributed by atoms with E-state index in [1.165, 1.54) is 10.6 Å². The van der Waals surface area contributed by atoms with Crippen LogP contribution in [0.3, 0.4) is 0 Å². The number of nitrogens with zero attached hydrogens (tertiary/aromatic N) is 5. The third-order valence-electron chi connectivity index (χ3n) is 4.76. The number of hydrogen-bond donors (Lipinski definition) is 0. The van der Waals surface area contributed by atoms with Gasteiger partial charge in [-0.2, -0.15) is 9.40 Å². The summed E-state index contributed by atoms with van der Waals surface area (Å²) in [6, 6.07) is 5.26. The molecule has 8 nitrogen and oxygen atoms in total. The van der Waals surface area contributed by atoms with Gasteiger partial charge < -0.3 is 4.90 Å². The van der Waals surface area contributed by atoms with Crippen LogP contribution in [0.15, 0.2) is 43.0 Å². The fourth-order valence-electron chi connectivity index (χ4n) is 3.41. The average Bonchev–Trinajstić information content (AvgIpc) is 3.18. The van der Waals surface area contributed by atoms with Gasteiger partial charge in [-0.1, -0.05) is 6.07 Å². The van der Waals surface area contributed by atoms with Crippen LogP contribution in [0.1, 0.15) is 24.8 Å². The Kier molecular flexibility index (Phi) is 6.22. The van der Waals surface area contributed by atoms with E-state index in [2.05, 4.69) is 10.1 Å². The van der Waals surface area contributed by atoms with Gasteiger partial charge in [-0.25, -0.2) is 8.42 Å². The first kappa shape index (κ1) is 19.5. The minimum Gasteiger partial charge on any atom is -0.341 e. The molecule has 1 aliphatic heterocycles. The molecule has 1 fully saturated rings. The second kappa shape index (κ2) is 8.62. The maximum atomic E-state index is 12.6. The maximum Gasteiger partial charge on any atom is 0.224 e. The molecule has 9 heteroatoms. The minimum atomic E-state index is -3.41. The summed E-state index contributed by atoms with van der Waals surface area (Å²) in [7, 11) is -3.41. The molecule has 0 aromatic carbocycles. The number of amides is 1. The van der Waals surface area contributed by atoms with Gasteiger partial charge in [0.15, 0.2) is 0 Å². The molecule has 1 unspecified atom stereocenters. The van der Waals surface area contributed by atoms with Crippen LogP contribution in [0, 0.1) is 0 Å². The first-order valence-electron chi connectivity index (χ1n) is 9.04. The van der Waals surface area contributed by atoms with Crippen molar-refractivity contribution in [2.45, 2.75) is 38.4 Å². The van der Waals surface area contributed by atoms with Gasteiger partial charge in [0.1, 0.15) is 0 Å². The van der Waals surface area contributed by atoms with Crippen LogP contribution in [0.4, 0.5) is 0 Å². The maximum absolute atomic E-state index is 12.6. The molecule has 1 amide bonds. The zero-order valence-corrected chi connectivity index (χ0v) is 16.3. The van der Waals surface area contributed by atoms with E-state index >= 15 is 0 Å². The van der Waals surface area contributed by atoms with Crippen LogP contribution in [-0.2, 0) is 27.9 Å². The Morgan fingerprint density at radius 1 is 1.33 bits per heavy atom. The van der Waals surface area contributed by atoms with E-state index in [-0.39, 0.29) is 18.5 Å². The number of rotatable bonds is 7. The van der Waals surface area contributed by atoms with Gasteiger partial charge in [0.05, 0.1) is 6.26 Å². The van der Waals surface area contributed by atoms with E-state index in [1.807, 2.05) is 18.3 Å². The lowest BCUT2D eigenvalue weighted by Crippen LogP contribution is -2.51. The van der Waals surface area contributed by atoms with Crippen molar-refractivity contribution in [2.75, 3.05) is 19.3 Å². The molecular weight excluding hydrogens is 366 g/mol. The smallest absolute Gasteiger partial charge is 0.224 e. The lowest BCUT2D eigenvalue weighted by atomic mass is 10.0. The molecule has 0 N–H and O–H groups in total. The number of sulfonamides is 1. The highest BCUT2D eigenvalue weighted by Crippen LogP contribution is 2.21. The summed E-state index contributed by atoms with van der Waals surface area (Å²) in [5.74, 6) is 0.0324. The molecule has 27 heavy (non-hydrogen) atoms. The summed E-state index contributed by atoms with van der Waals surface area (Å²) in [6.07, 6.45) is 9.96. The van der Waals surface area contributed by atoms with Crippen molar-refractivity contribution in [1.29, 1.82) is 0 Å². The first-order chi connectivity index (χ1) is 12.9. The fraction of sp³-hybridized carbons (Fsp3) is 0.500. The molecule has 3 heterocycles. The quantitative estimate of drug-likeness (QED) is 0.706. The van der Waals surface area contributed by atoms with E-state index in [4.69, 9.17) is 0 Å². The van der Waals surface area contributed by atoms with Gasteiger partial charge in [-0.15, -0.1) is 0 Å². The first-order valence-corrected chi connectivity index (χ1v) is 10.9. The highest BCUT2D eigenvalue weighted by molar-refractivity contribution is 7.88. The van der Waals surface area contributed by atoms with Gasteiger partial charge in [-0.05, 0) is 30.5 Å².